The molecule has 2 rings (SSSR count). The van der Waals surface area contributed by atoms with Crippen molar-refractivity contribution in [3.05, 3.63) is 23.3 Å². The van der Waals surface area contributed by atoms with E-state index < -0.39 is 5.60 Å². The quantitative estimate of drug-likeness (QED) is 0.708. The molecule has 0 bridgehead atoms. The third kappa shape index (κ3) is 1.99. The first-order valence-corrected chi connectivity index (χ1v) is 6.46. The molecule has 0 spiro atoms. The number of allylic oxidation sites excluding steroid dienone is 1. The zero-order valence-electron chi connectivity index (χ0n) is 11.0. The first-order chi connectivity index (χ1) is 7.85. The van der Waals surface area contributed by atoms with Crippen LogP contribution in [-0.4, -0.2) is 16.5 Å². The SMILES string of the molecule is C=C(C)[C@]1(O)CC[C@H](C)[C@@H]2CC(=O)C(C)=C2C1. The molecule has 0 amide bonds. The van der Waals surface area contributed by atoms with Gasteiger partial charge in [-0.2, -0.15) is 0 Å². The van der Waals surface area contributed by atoms with Gasteiger partial charge in [0.25, 0.3) is 0 Å². The van der Waals surface area contributed by atoms with E-state index in [4.69, 9.17) is 0 Å². The van der Waals surface area contributed by atoms with Gasteiger partial charge in [0.05, 0.1) is 5.60 Å². The second-order valence-corrected chi connectivity index (χ2v) is 5.89. The Morgan fingerprint density at radius 2 is 2.18 bits per heavy atom. The molecule has 17 heavy (non-hydrogen) atoms. The molecule has 2 aliphatic rings. The Bertz CT molecular complexity index is 405. The number of hydrogen-bond acceptors (Lipinski definition) is 2. The molecule has 0 unspecified atom stereocenters. The molecule has 2 aliphatic carbocycles. The van der Waals surface area contributed by atoms with Crippen molar-refractivity contribution in [1.82, 2.24) is 0 Å². The number of rotatable bonds is 1. The Morgan fingerprint density at radius 1 is 1.53 bits per heavy atom. The maximum absolute atomic E-state index is 11.8. The third-order valence-electron chi connectivity index (χ3n) is 4.73. The van der Waals surface area contributed by atoms with Crippen LogP contribution in [0.1, 0.15) is 46.5 Å². The highest BCUT2D eigenvalue weighted by atomic mass is 16.3. The lowest BCUT2D eigenvalue weighted by Crippen LogP contribution is -2.29. The summed E-state index contributed by atoms with van der Waals surface area (Å²) < 4.78 is 0. The fraction of sp³-hybridized carbons (Fsp3) is 0.667. The van der Waals surface area contributed by atoms with Crippen LogP contribution in [-0.2, 0) is 4.79 Å². The highest BCUT2D eigenvalue weighted by Crippen LogP contribution is 2.46. The van der Waals surface area contributed by atoms with Crippen molar-refractivity contribution < 1.29 is 9.90 Å². The maximum Gasteiger partial charge on any atom is 0.159 e. The van der Waals surface area contributed by atoms with Crippen molar-refractivity contribution in [3.8, 4) is 0 Å². The number of Topliss-reactive ketones (excluding diaryl/α,β-unsaturated/α-hetero) is 1. The van der Waals surface area contributed by atoms with Gasteiger partial charge in [-0.1, -0.05) is 19.1 Å². The lowest BCUT2D eigenvalue weighted by atomic mass is 9.84. The van der Waals surface area contributed by atoms with Crippen LogP contribution >= 0.6 is 0 Å². The second-order valence-electron chi connectivity index (χ2n) is 5.89. The fourth-order valence-corrected chi connectivity index (χ4v) is 3.18. The molecule has 1 saturated carbocycles. The van der Waals surface area contributed by atoms with Crippen molar-refractivity contribution in [1.29, 1.82) is 0 Å². The molecule has 1 N–H and O–H groups in total. The van der Waals surface area contributed by atoms with Gasteiger partial charge >= 0.3 is 0 Å². The van der Waals surface area contributed by atoms with E-state index in [2.05, 4.69) is 13.5 Å². The molecule has 3 atom stereocenters. The first-order valence-electron chi connectivity index (χ1n) is 6.46. The molecule has 94 valence electrons. The zero-order valence-corrected chi connectivity index (χ0v) is 11.0. The Morgan fingerprint density at radius 3 is 2.76 bits per heavy atom. The standard InChI is InChI=1S/C15H22O2/c1-9(2)15(17)6-5-10(3)12-7-14(16)11(4)13(12)8-15/h10,12,17H,1,5-8H2,2-4H3/t10-,12-,15-/m0/s1. The Hall–Kier alpha value is -0.890. The molecule has 0 aliphatic heterocycles. The molecule has 0 radical (unpaired) electrons. The van der Waals surface area contributed by atoms with Gasteiger partial charge < -0.3 is 5.11 Å². The summed E-state index contributed by atoms with van der Waals surface area (Å²) in [6.45, 7) is 9.91. The van der Waals surface area contributed by atoms with Gasteiger partial charge in [0.2, 0.25) is 0 Å². The maximum atomic E-state index is 11.8. The van der Waals surface area contributed by atoms with Crippen LogP contribution in [0.2, 0.25) is 0 Å². The van der Waals surface area contributed by atoms with E-state index in [1.165, 1.54) is 5.57 Å². The van der Waals surface area contributed by atoms with Gasteiger partial charge in [-0.3, -0.25) is 4.79 Å². The summed E-state index contributed by atoms with van der Waals surface area (Å²) in [6, 6.07) is 0. The van der Waals surface area contributed by atoms with Gasteiger partial charge in [0.15, 0.2) is 5.78 Å². The average Bonchev–Trinajstić information content (AvgIpc) is 2.45. The normalized spacial score (nSPS) is 38.0. The van der Waals surface area contributed by atoms with E-state index in [-0.39, 0.29) is 5.78 Å². The number of fused-ring (bicyclic) bond motifs is 1. The van der Waals surface area contributed by atoms with E-state index >= 15 is 0 Å². The number of aliphatic hydroxyl groups is 1. The van der Waals surface area contributed by atoms with Crippen LogP contribution in [0.4, 0.5) is 0 Å². The minimum absolute atomic E-state index is 0.266. The van der Waals surface area contributed by atoms with E-state index in [0.717, 1.165) is 24.0 Å². The van der Waals surface area contributed by atoms with Crippen LogP contribution in [0.3, 0.4) is 0 Å². The van der Waals surface area contributed by atoms with E-state index in [1.807, 2.05) is 13.8 Å². The first kappa shape index (κ1) is 12.6. The molecular weight excluding hydrogens is 212 g/mol. The molecule has 2 heteroatoms. The van der Waals surface area contributed by atoms with Crippen molar-refractivity contribution >= 4 is 5.78 Å². The van der Waals surface area contributed by atoms with E-state index in [1.54, 1.807) is 0 Å². The zero-order chi connectivity index (χ0) is 12.8. The molecule has 2 nitrogen and oxygen atoms in total. The number of hydrogen-bond donors (Lipinski definition) is 1. The molecule has 0 saturated heterocycles. The Labute approximate surface area is 103 Å². The number of ketones is 1. The Kier molecular flexibility index (Phi) is 3.03. The lowest BCUT2D eigenvalue weighted by Gasteiger charge is -2.28. The van der Waals surface area contributed by atoms with Crippen molar-refractivity contribution in [2.24, 2.45) is 11.8 Å². The molecule has 0 aromatic rings. The summed E-state index contributed by atoms with van der Waals surface area (Å²) >= 11 is 0. The van der Waals surface area contributed by atoms with Crippen molar-refractivity contribution in [3.63, 3.8) is 0 Å². The number of carbonyl (C=O) groups excluding carboxylic acids is 1. The van der Waals surface area contributed by atoms with Gasteiger partial charge in [-0.15, -0.1) is 0 Å². The smallest absolute Gasteiger partial charge is 0.159 e. The molecule has 0 aromatic carbocycles. The molecular formula is C15H22O2. The summed E-state index contributed by atoms with van der Waals surface area (Å²) in [4.78, 5) is 11.8. The average molecular weight is 234 g/mol. The summed E-state index contributed by atoms with van der Waals surface area (Å²) in [5, 5.41) is 10.7. The fourth-order valence-electron chi connectivity index (χ4n) is 3.18. The molecule has 0 heterocycles. The predicted molar refractivity (Wildman–Crippen MR) is 68.6 cm³/mol. The summed E-state index contributed by atoms with van der Waals surface area (Å²) in [7, 11) is 0. The van der Waals surface area contributed by atoms with Crippen molar-refractivity contribution in [2.75, 3.05) is 0 Å². The highest BCUT2D eigenvalue weighted by Gasteiger charge is 2.42. The Balaban J connectivity index is 2.40. The van der Waals surface area contributed by atoms with Crippen LogP contribution < -0.4 is 0 Å². The topological polar surface area (TPSA) is 37.3 Å². The van der Waals surface area contributed by atoms with E-state index in [0.29, 0.717) is 24.7 Å². The second kappa shape index (κ2) is 4.09. The van der Waals surface area contributed by atoms with Crippen LogP contribution in [0.25, 0.3) is 0 Å². The highest BCUT2D eigenvalue weighted by molar-refractivity contribution is 5.98. The van der Waals surface area contributed by atoms with Crippen LogP contribution in [0, 0.1) is 11.8 Å². The van der Waals surface area contributed by atoms with Gasteiger partial charge in [-0.25, -0.2) is 0 Å². The summed E-state index contributed by atoms with van der Waals surface area (Å²) in [5.41, 5.74) is 2.10. The molecule has 1 fully saturated rings. The minimum atomic E-state index is -0.801. The summed E-state index contributed by atoms with van der Waals surface area (Å²) in [6.07, 6.45) is 2.99. The monoisotopic (exact) mass is 234 g/mol. The van der Waals surface area contributed by atoms with Crippen molar-refractivity contribution in [2.45, 2.75) is 52.1 Å². The number of carbonyl (C=O) groups is 1. The van der Waals surface area contributed by atoms with Crippen LogP contribution in [0.5, 0.6) is 0 Å². The largest absolute Gasteiger partial charge is 0.385 e. The van der Waals surface area contributed by atoms with Gasteiger partial charge in [0.1, 0.15) is 0 Å². The van der Waals surface area contributed by atoms with Gasteiger partial charge in [0, 0.05) is 12.8 Å². The van der Waals surface area contributed by atoms with Crippen LogP contribution in [0.15, 0.2) is 23.3 Å². The third-order valence-corrected chi connectivity index (χ3v) is 4.73. The minimum Gasteiger partial charge on any atom is -0.385 e. The lowest BCUT2D eigenvalue weighted by molar-refractivity contribution is -0.115. The molecule has 0 aromatic heterocycles. The van der Waals surface area contributed by atoms with Gasteiger partial charge in [-0.05, 0) is 49.7 Å². The summed E-state index contributed by atoms with van der Waals surface area (Å²) in [5.74, 6) is 1.11. The predicted octanol–water partition coefficient (Wildman–Crippen LogP) is 3.02. The van der Waals surface area contributed by atoms with E-state index in [9.17, 15) is 9.90 Å².